The van der Waals surface area contributed by atoms with E-state index in [0.717, 1.165) is 40.8 Å². The summed E-state index contributed by atoms with van der Waals surface area (Å²) in [6, 6.07) is 0. The molecule has 166 valence electrons. The van der Waals surface area contributed by atoms with Gasteiger partial charge in [-0.15, -0.1) is 0 Å². The van der Waals surface area contributed by atoms with E-state index < -0.39 is 10.0 Å². The number of hydrogen-bond acceptors (Lipinski definition) is 4. The fourth-order valence-electron chi connectivity index (χ4n) is 4.49. The van der Waals surface area contributed by atoms with Crippen molar-refractivity contribution in [3.8, 4) is 0 Å². The van der Waals surface area contributed by atoms with Crippen LogP contribution in [0.3, 0.4) is 0 Å². The zero-order valence-corrected chi connectivity index (χ0v) is 19.6. The first kappa shape index (κ1) is 22.7. The second-order valence-electron chi connectivity index (χ2n) is 8.47. The Bertz CT molecular complexity index is 934. The average molecular weight is 436 g/mol. The van der Waals surface area contributed by atoms with Crippen LogP contribution in [0.15, 0.2) is 4.90 Å². The van der Waals surface area contributed by atoms with Crippen LogP contribution < -0.4 is 0 Å². The summed E-state index contributed by atoms with van der Waals surface area (Å²) in [4.78, 5) is 28.1. The van der Waals surface area contributed by atoms with Crippen molar-refractivity contribution in [1.29, 1.82) is 0 Å². The van der Waals surface area contributed by atoms with Gasteiger partial charge in [-0.1, -0.05) is 0 Å². The lowest BCUT2D eigenvalue weighted by molar-refractivity contribution is -0.133. The van der Waals surface area contributed by atoms with Crippen molar-refractivity contribution < 1.29 is 18.0 Å². The van der Waals surface area contributed by atoms with Gasteiger partial charge in [-0.25, -0.2) is 8.42 Å². The highest BCUT2D eigenvalue weighted by Crippen LogP contribution is 2.32. The molecule has 0 radical (unpaired) electrons. The van der Waals surface area contributed by atoms with Crippen molar-refractivity contribution in [2.45, 2.75) is 58.8 Å². The summed E-state index contributed by atoms with van der Waals surface area (Å²) in [5.41, 5.74) is 4.79. The predicted molar refractivity (Wildman–Crippen MR) is 116 cm³/mol. The maximum Gasteiger partial charge on any atom is 0.243 e. The Morgan fingerprint density at radius 2 is 1.37 bits per heavy atom. The molecule has 0 N–H and O–H groups in total. The van der Waals surface area contributed by atoms with Crippen LogP contribution in [0.1, 0.15) is 47.1 Å². The lowest BCUT2D eigenvalue weighted by atomic mass is 9.95. The van der Waals surface area contributed by atoms with Crippen LogP contribution in [0.4, 0.5) is 0 Å². The number of rotatable bonds is 5. The molecule has 0 aliphatic carbocycles. The molecule has 2 saturated heterocycles. The SMILES string of the molecule is Cc1c(C)c(C)c(S(=O)(=O)N2CCN(C(=O)CCN3CCCC3=O)CC2)c(C)c1C. The highest BCUT2D eigenvalue weighted by molar-refractivity contribution is 7.89. The fourth-order valence-corrected chi connectivity index (χ4v) is 6.47. The Labute approximate surface area is 180 Å². The van der Waals surface area contributed by atoms with Crippen LogP contribution in [0.25, 0.3) is 0 Å². The highest BCUT2D eigenvalue weighted by atomic mass is 32.2. The summed E-state index contributed by atoms with van der Waals surface area (Å²) >= 11 is 0. The maximum atomic E-state index is 13.4. The number of sulfonamides is 1. The van der Waals surface area contributed by atoms with Crippen LogP contribution in [0.5, 0.6) is 0 Å². The van der Waals surface area contributed by atoms with E-state index in [-0.39, 0.29) is 11.8 Å². The minimum absolute atomic E-state index is 0.0128. The molecule has 3 rings (SSSR count). The minimum Gasteiger partial charge on any atom is -0.342 e. The monoisotopic (exact) mass is 435 g/mol. The molecule has 2 aliphatic rings. The molecule has 0 spiro atoms. The second-order valence-corrected chi connectivity index (χ2v) is 10.3. The van der Waals surface area contributed by atoms with Crippen molar-refractivity contribution >= 4 is 21.8 Å². The molecule has 0 aromatic heterocycles. The third kappa shape index (κ3) is 4.12. The van der Waals surface area contributed by atoms with E-state index in [1.165, 1.54) is 4.31 Å². The predicted octanol–water partition coefficient (Wildman–Crippen LogP) is 2.07. The molecule has 2 aliphatic heterocycles. The summed E-state index contributed by atoms with van der Waals surface area (Å²) in [6.07, 6.45) is 1.73. The zero-order valence-electron chi connectivity index (χ0n) is 18.7. The first-order chi connectivity index (χ1) is 14.1. The number of nitrogens with zero attached hydrogens (tertiary/aromatic N) is 3. The molecular formula is C22H33N3O4S. The van der Waals surface area contributed by atoms with E-state index in [2.05, 4.69) is 0 Å². The fraction of sp³-hybridized carbons (Fsp3) is 0.636. The van der Waals surface area contributed by atoms with Gasteiger partial charge in [0.2, 0.25) is 21.8 Å². The summed E-state index contributed by atoms with van der Waals surface area (Å²) in [5, 5.41) is 0. The first-order valence-electron chi connectivity index (χ1n) is 10.7. The molecule has 2 amide bonds. The van der Waals surface area contributed by atoms with Crippen molar-refractivity contribution in [2.75, 3.05) is 39.3 Å². The lowest BCUT2D eigenvalue weighted by Gasteiger charge is -2.35. The third-order valence-electron chi connectivity index (χ3n) is 6.89. The number of hydrogen-bond donors (Lipinski definition) is 0. The molecule has 2 fully saturated rings. The molecule has 0 atom stereocenters. The van der Waals surface area contributed by atoms with E-state index in [0.29, 0.717) is 50.5 Å². The molecule has 1 aromatic carbocycles. The number of amides is 2. The first-order valence-corrected chi connectivity index (χ1v) is 12.1. The quantitative estimate of drug-likeness (QED) is 0.709. The Morgan fingerprint density at radius 3 is 1.87 bits per heavy atom. The largest absolute Gasteiger partial charge is 0.342 e. The van der Waals surface area contributed by atoms with Crippen LogP contribution >= 0.6 is 0 Å². The summed E-state index contributed by atoms with van der Waals surface area (Å²) < 4.78 is 28.4. The number of carbonyl (C=O) groups is 2. The molecule has 0 unspecified atom stereocenters. The maximum absolute atomic E-state index is 13.4. The molecule has 0 bridgehead atoms. The second kappa shape index (κ2) is 8.67. The topological polar surface area (TPSA) is 78.0 Å². The standard InChI is InChI=1S/C22H33N3O4S/c1-15-16(2)18(4)22(19(5)17(15)3)30(28,29)25-13-11-24(12-14-25)21(27)8-10-23-9-6-7-20(23)26/h6-14H2,1-5H3. The Balaban J connectivity index is 1.67. The van der Waals surface area contributed by atoms with Crippen molar-refractivity contribution in [2.24, 2.45) is 0 Å². The molecule has 30 heavy (non-hydrogen) atoms. The molecular weight excluding hydrogens is 402 g/mol. The van der Waals surface area contributed by atoms with Crippen LogP contribution in [-0.4, -0.2) is 73.6 Å². The van der Waals surface area contributed by atoms with Gasteiger partial charge in [0.05, 0.1) is 4.90 Å². The third-order valence-corrected chi connectivity index (χ3v) is 9.06. The van der Waals surface area contributed by atoms with Gasteiger partial charge < -0.3 is 9.80 Å². The van der Waals surface area contributed by atoms with Crippen LogP contribution in [-0.2, 0) is 19.6 Å². The Hall–Kier alpha value is -1.93. The van der Waals surface area contributed by atoms with Gasteiger partial charge in [-0.3, -0.25) is 9.59 Å². The number of piperazine rings is 1. The van der Waals surface area contributed by atoms with E-state index in [9.17, 15) is 18.0 Å². The van der Waals surface area contributed by atoms with Gasteiger partial charge in [-0.05, 0) is 68.9 Å². The van der Waals surface area contributed by atoms with E-state index in [4.69, 9.17) is 0 Å². The van der Waals surface area contributed by atoms with Crippen LogP contribution in [0, 0.1) is 34.6 Å². The van der Waals surface area contributed by atoms with E-state index in [1.807, 2.05) is 34.6 Å². The number of carbonyl (C=O) groups excluding carboxylic acids is 2. The van der Waals surface area contributed by atoms with Gasteiger partial charge in [0, 0.05) is 52.1 Å². The van der Waals surface area contributed by atoms with Crippen LogP contribution in [0.2, 0.25) is 0 Å². The number of benzene rings is 1. The smallest absolute Gasteiger partial charge is 0.243 e. The highest BCUT2D eigenvalue weighted by Gasteiger charge is 2.33. The Morgan fingerprint density at radius 1 is 0.833 bits per heavy atom. The zero-order chi connectivity index (χ0) is 22.2. The van der Waals surface area contributed by atoms with E-state index >= 15 is 0 Å². The molecule has 2 heterocycles. The van der Waals surface area contributed by atoms with Gasteiger partial charge in [-0.2, -0.15) is 4.31 Å². The summed E-state index contributed by atoms with van der Waals surface area (Å²) in [7, 11) is -3.62. The number of likely N-dealkylation sites (tertiary alicyclic amines) is 1. The molecule has 1 aromatic rings. The molecule has 8 heteroatoms. The summed E-state index contributed by atoms with van der Waals surface area (Å²) in [6.45, 7) is 12.3. The van der Waals surface area contributed by atoms with Crippen molar-refractivity contribution in [1.82, 2.24) is 14.1 Å². The lowest BCUT2D eigenvalue weighted by Crippen LogP contribution is -2.51. The van der Waals surface area contributed by atoms with Gasteiger partial charge in [0.1, 0.15) is 0 Å². The van der Waals surface area contributed by atoms with Crippen molar-refractivity contribution in [3.63, 3.8) is 0 Å². The van der Waals surface area contributed by atoms with Gasteiger partial charge >= 0.3 is 0 Å². The molecule has 0 saturated carbocycles. The van der Waals surface area contributed by atoms with Gasteiger partial charge in [0.25, 0.3) is 0 Å². The Kier molecular flexibility index (Phi) is 6.57. The normalized spacial score (nSPS) is 18.4. The van der Waals surface area contributed by atoms with E-state index in [1.54, 1.807) is 9.80 Å². The summed E-state index contributed by atoms with van der Waals surface area (Å²) in [5.74, 6) is 0.106. The average Bonchev–Trinajstić information content (AvgIpc) is 3.13. The molecule has 7 nitrogen and oxygen atoms in total. The van der Waals surface area contributed by atoms with Crippen molar-refractivity contribution in [3.05, 3.63) is 27.8 Å². The van der Waals surface area contributed by atoms with Gasteiger partial charge in [0.15, 0.2) is 0 Å². The minimum atomic E-state index is -3.62.